The van der Waals surface area contributed by atoms with E-state index in [0.717, 1.165) is 12.8 Å². The summed E-state index contributed by atoms with van der Waals surface area (Å²) in [5.41, 5.74) is 6.25. The van der Waals surface area contributed by atoms with Crippen LogP contribution in [-0.4, -0.2) is 61.9 Å². The molecule has 1 aliphatic heterocycles. The third kappa shape index (κ3) is 4.22. The van der Waals surface area contributed by atoms with E-state index in [-0.39, 0.29) is 45.8 Å². The molecule has 9 heteroatoms. The molecule has 4 unspecified atom stereocenters. The van der Waals surface area contributed by atoms with Crippen molar-refractivity contribution in [1.29, 1.82) is 0 Å². The number of rotatable bonds is 3. The summed E-state index contributed by atoms with van der Waals surface area (Å²) in [4.78, 5) is 31.8. The van der Waals surface area contributed by atoms with Crippen molar-refractivity contribution in [1.82, 2.24) is 14.9 Å². The van der Waals surface area contributed by atoms with Gasteiger partial charge in [0.25, 0.3) is 11.5 Å². The molecular weight excluding hydrogens is 379 g/mol. The van der Waals surface area contributed by atoms with Crippen LogP contribution in [0.15, 0.2) is 17.2 Å². The van der Waals surface area contributed by atoms with Gasteiger partial charge in [0.1, 0.15) is 5.69 Å². The highest BCUT2D eigenvalue weighted by atomic mass is 35.5. The Morgan fingerprint density at radius 3 is 2.62 bits per heavy atom. The predicted octanol–water partition coefficient (Wildman–Crippen LogP) is 0.935. The van der Waals surface area contributed by atoms with Crippen molar-refractivity contribution in [2.45, 2.75) is 48.6 Å². The molecule has 1 saturated carbocycles. The fourth-order valence-electron chi connectivity index (χ4n) is 4.02. The number of aromatic nitrogens is 2. The Morgan fingerprint density at radius 2 is 1.96 bits per heavy atom. The number of aliphatic hydroxyl groups is 1. The summed E-state index contributed by atoms with van der Waals surface area (Å²) in [5.74, 6) is -0.109. The molecule has 2 aliphatic rings. The highest BCUT2D eigenvalue weighted by molar-refractivity contribution is 6.30. The number of aromatic amines is 1. The molecular formula is C17H24Cl2N4O3. The standard InChI is InChI=1S/C17H24Cl2N4O3/c18-11-5-10(14(24)6-12(11)19)16(20)9-1-3-23(4-2-9)17(26)13-7-15(25)22-8-21-13/h7-12,14,16,24H,1-6,20H2,(H,21,22,25)/t10?,11?,12?,14?,16-/m1/s1. The molecule has 0 radical (unpaired) electrons. The highest BCUT2D eigenvalue weighted by Gasteiger charge is 2.40. The second-order valence-electron chi connectivity index (χ2n) is 7.24. The summed E-state index contributed by atoms with van der Waals surface area (Å²) in [6, 6.07) is 1.03. The number of H-pyrrole nitrogens is 1. The first-order chi connectivity index (χ1) is 12.4. The van der Waals surface area contributed by atoms with Gasteiger partial charge in [-0.05, 0) is 31.6 Å². The number of amides is 1. The lowest BCUT2D eigenvalue weighted by atomic mass is 9.74. The van der Waals surface area contributed by atoms with E-state index in [4.69, 9.17) is 28.9 Å². The third-order valence-corrected chi connectivity index (χ3v) is 6.71. The van der Waals surface area contributed by atoms with Gasteiger partial charge in [-0.2, -0.15) is 0 Å². The molecule has 1 saturated heterocycles. The van der Waals surface area contributed by atoms with Crippen LogP contribution in [0.4, 0.5) is 0 Å². The number of halogens is 2. The average molecular weight is 403 g/mol. The summed E-state index contributed by atoms with van der Waals surface area (Å²) in [7, 11) is 0. The van der Waals surface area contributed by atoms with Gasteiger partial charge in [0.05, 0.1) is 23.2 Å². The molecule has 1 aromatic heterocycles. The summed E-state index contributed by atoms with van der Waals surface area (Å²) in [6.07, 6.45) is 3.25. The molecule has 0 spiro atoms. The summed E-state index contributed by atoms with van der Waals surface area (Å²) in [5, 5.41) is 9.94. The van der Waals surface area contributed by atoms with Gasteiger partial charge in [-0.25, -0.2) is 4.98 Å². The maximum atomic E-state index is 12.5. The monoisotopic (exact) mass is 402 g/mol. The Bertz CT molecular complexity index is 693. The number of aliphatic hydroxyl groups excluding tert-OH is 1. The number of alkyl halides is 2. The van der Waals surface area contributed by atoms with Gasteiger partial charge >= 0.3 is 0 Å². The number of hydrogen-bond donors (Lipinski definition) is 3. The normalized spacial score (nSPS) is 31.6. The second kappa shape index (κ2) is 8.25. The topological polar surface area (TPSA) is 112 Å². The van der Waals surface area contributed by atoms with E-state index in [1.165, 1.54) is 12.4 Å². The molecule has 2 fully saturated rings. The van der Waals surface area contributed by atoms with Crippen LogP contribution in [-0.2, 0) is 0 Å². The Hall–Kier alpha value is -1.15. The van der Waals surface area contributed by atoms with Gasteiger partial charge in [0.15, 0.2) is 0 Å². The van der Waals surface area contributed by atoms with Crippen molar-refractivity contribution < 1.29 is 9.90 Å². The number of carbonyl (C=O) groups is 1. The van der Waals surface area contributed by atoms with Gasteiger partial charge in [-0.3, -0.25) is 9.59 Å². The highest BCUT2D eigenvalue weighted by Crippen LogP contribution is 2.37. The fourth-order valence-corrected chi connectivity index (χ4v) is 4.61. The minimum atomic E-state index is -0.539. The van der Waals surface area contributed by atoms with E-state index in [1.807, 2.05) is 0 Å². The number of nitrogens with one attached hydrogen (secondary N) is 1. The largest absolute Gasteiger partial charge is 0.393 e. The van der Waals surface area contributed by atoms with Crippen LogP contribution in [0.1, 0.15) is 36.2 Å². The van der Waals surface area contributed by atoms with Gasteiger partial charge in [0.2, 0.25) is 0 Å². The van der Waals surface area contributed by atoms with E-state index < -0.39 is 6.10 Å². The molecule has 5 atom stereocenters. The first-order valence-corrected chi connectivity index (χ1v) is 9.80. The molecule has 144 valence electrons. The molecule has 2 heterocycles. The molecule has 1 amide bonds. The first kappa shape index (κ1) is 19.6. The lowest BCUT2D eigenvalue weighted by Crippen LogP contribution is -2.52. The SMILES string of the molecule is N[C@H](C1CCN(C(=O)c2cc(=O)[nH]cn2)CC1)C1CC(Cl)C(Cl)CC1O. The minimum absolute atomic E-state index is 0.0749. The molecule has 4 N–H and O–H groups in total. The number of hydrogen-bond acceptors (Lipinski definition) is 5. The first-order valence-electron chi connectivity index (χ1n) is 8.92. The quantitative estimate of drug-likeness (QED) is 0.651. The lowest BCUT2D eigenvalue weighted by Gasteiger charge is -2.42. The maximum absolute atomic E-state index is 12.5. The number of nitrogens with zero attached hydrogens (tertiary/aromatic N) is 2. The number of piperidine rings is 1. The maximum Gasteiger partial charge on any atom is 0.272 e. The Balaban J connectivity index is 1.58. The second-order valence-corrected chi connectivity index (χ2v) is 8.36. The van der Waals surface area contributed by atoms with E-state index >= 15 is 0 Å². The zero-order chi connectivity index (χ0) is 18.8. The van der Waals surface area contributed by atoms with E-state index in [0.29, 0.717) is 25.9 Å². The van der Waals surface area contributed by atoms with Crippen LogP contribution >= 0.6 is 23.2 Å². The number of likely N-dealkylation sites (tertiary alicyclic amines) is 1. The number of carbonyl (C=O) groups excluding carboxylic acids is 1. The van der Waals surface area contributed by atoms with Crippen LogP contribution in [0.2, 0.25) is 0 Å². The van der Waals surface area contributed by atoms with Crippen molar-refractivity contribution in [3.05, 3.63) is 28.4 Å². The van der Waals surface area contributed by atoms with Crippen molar-refractivity contribution in [2.75, 3.05) is 13.1 Å². The van der Waals surface area contributed by atoms with Gasteiger partial charge in [-0.15, -0.1) is 23.2 Å². The van der Waals surface area contributed by atoms with Gasteiger partial charge < -0.3 is 20.7 Å². The molecule has 1 aliphatic carbocycles. The molecule has 3 rings (SSSR count). The van der Waals surface area contributed by atoms with Gasteiger partial charge in [0, 0.05) is 31.1 Å². The van der Waals surface area contributed by atoms with Crippen LogP contribution in [0.3, 0.4) is 0 Å². The predicted molar refractivity (Wildman–Crippen MR) is 99.5 cm³/mol. The summed E-state index contributed by atoms with van der Waals surface area (Å²) < 4.78 is 0. The van der Waals surface area contributed by atoms with Crippen molar-refractivity contribution in [3.8, 4) is 0 Å². The van der Waals surface area contributed by atoms with E-state index in [2.05, 4.69) is 9.97 Å². The molecule has 1 aromatic rings. The summed E-state index contributed by atoms with van der Waals surface area (Å²) in [6.45, 7) is 1.11. The molecule has 0 aromatic carbocycles. The third-order valence-electron chi connectivity index (χ3n) is 5.61. The van der Waals surface area contributed by atoms with Crippen LogP contribution in [0.25, 0.3) is 0 Å². The Kier molecular flexibility index (Phi) is 6.22. The van der Waals surface area contributed by atoms with Crippen LogP contribution < -0.4 is 11.3 Å². The van der Waals surface area contributed by atoms with Crippen molar-refractivity contribution in [3.63, 3.8) is 0 Å². The Morgan fingerprint density at radius 1 is 1.31 bits per heavy atom. The smallest absolute Gasteiger partial charge is 0.272 e. The molecule has 26 heavy (non-hydrogen) atoms. The number of nitrogens with two attached hydrogens (primary N) is 1. The van der Waals surface area contributed by atoms with Crippen LogP contribution in [0.5, 0.6) is 0 Å². The van der Waals surface area contributed by atoms with Gasteiger partial charge in [-0.1, -0.05) is 0 Å². The van der Waals surface area contributed by atoms with E-state index in [9.17, 15) is 14.7 Å². The van der Waals surface area contributed by atoms with E-state index in [1.54, 1.807) is 4.90 Å². The van der Waals surface area contributed by atoms with Crippen LogP contribution in [0, 0.1) is 11.8 Å². The minimum Gasteiger partial charge on any atom is -0.393 e. The van der Waals surface area contributed by atoms with Crippen molar-refractivity contribution in [2.24, 2.45) is 17.6 Å². The summed E-state index contributed by atoms with van der Waals surface area (Å²) >= 11 is 12.4. The molecule has 0 bridgehead atoms. The average Bonchev–Trinajstić information content (AvgIpc) is 2.63. The zero-order valence-corrected chi connectivity index (χ0v) is 15.9. The lowest BCUT2D eigenvalue weighted by molar-refractivity contribution is 0.0337. The molecule has 7 nitrogen and oxygen atoms in total. The fraction of sp³-hybridized carbons (Fsp3) is 0.706. The Labute approximate surface area is 161 Å². The zero-order valence-electron chi connectivity index (χ0n) is 14.4. The van der Waals surface area contributed by atoms with Crippen molar-refractivity contribution >= 4 is 29.1 Å².